The van der Waals surface area contributed by atoms with Gasteiger partial charge in [0.05, 0.1) is 24.2 Å². The highest BCUT2D eigenvalue weighted by molar-refractivity contribution is 7.92. The van der Waals surface area contributed by atoms with E-state index in [0.29, 0.717) is 24.7 Å². The lowest BCUT2D eigenvalue weighted by Crippen LogP contribution is -2.26. The van der Waals surface area contributed by atoms with Gasteiger partial charge in [-0.2, -0.15) is 0 Å². The van der Waals surface area contributed by atoms with Gasteiger partial charge in [0.1, 0.15) is 0 Å². The van der Waals surface area contributed by atoms with Gasteiger partial charge in [0.2, 0.25) is 0 Å². The first kappa shape index (κ1) is 15.1. The molecule has 0 aliphatic carbocycles. The molecular formula is C14H21NO4S. The number of fused-ring (bicyclic) bond motifs is 1. The van der Waals surface area contributed by atoms with Crippen molar-refractivity contribution in [2.45, 2.75) is 31.6 Å². The molecule has 5 nitrogen and oxygen atoms in total. The summed E-state index contributed by atoms with van der Waals surface area (Å²) < 4.78 is 35.0. The zero-order chi connectivity index (χ0) is 14.8. The minimum absolute atomic E-state index is 0.0652. The minimum Gasteiger partial charge on any atom is -0.490 e. The second-order valence-corrected chi connectivity index (χ2v) is 7.84. The van der Waals surface area contributed by atoms with Gasteiger partial charge in [-0.25, -0.2) is 8.42 Å². The molecule has 0 amide bonds. The lowest BCUT2D eigenvalue weighted by Gasteiger charge is -2.16. The smallest absolute Gasteiger partial charge is 0.161 e. The number of rotatable bonds is 4. The standard InChI is InChI=1S/C14H21NO4S/c1-10(2)20(16,17)9-12(15)11-4-5-13-14(8-11)19-7-3-6-18-13/h4-5,8,10,12H,3,6-7,9,15H2,1-2H3. The van der Waals surface area contributed by atoms with Crippen LogP contribution in [-0.4, -0.2) is 32.6 Å². The quantitative estimate of drug-likeness (QED) is 0.915. The second-order valence-electron chi connectivity index (χ2n) is 5.24. The first-order valence-electron chi connectivity index (χ1n) is 6.77. The van der Waals surface area contributed by atoms with Crippen molar-refractivity contribution in [2.24, 2.45) is 5.73 Å². The van der Waals surface area contributed by atoms with Crippen molar-refractivity contribution >= 4 is 9.84 Å². The van der Waals surface area contributed by atoms with E-state index in [1.165, 1.54) is 0 Å². The predicted octanol–water partition coefficient (Wildman–Crippen LogP) is 1.67. The Morgan fingerprint density at radius 3 is 2.50 bits per heavy atom. The van der Waals surface area contributed by atoms with E-state index < -0.39 is 21.1 Å². The molecule has 0 saturated carbocycles. The Morgan fingerprint density at radius 2 is 1.85 bits per heavy atom. The number of hydrogen-bond donors (Lipinski definition) is 1. The van der Waals surface area contributed by atoms with Crippen molar-refractivity contribution in [2.75, 3.05) is 19.0 Å². The summed E-state index contributed by atoms with van der Waals surface area (Å²) in [5.74, 6) is 1.26. The van der Waals surface area contributed by atoms with Crippen molar-refractivity contribution in [3.05, 3.63) is 23.8 Å². The van der Waals surface area contributed by atoms with Gasteiger partial charge >= 0.3 is 0 Å². The Kier molecular flexibility index (Phi) is 4.55. The van der Waals surface area contributed by atoms with Crippen LogP contribution in [0.25, 0.3) is 0 Å². The average molecular weight is 299 g/mol. The molecule has 0 saturated heterocycles. The third-order valence-electron chi connectivity index (χ3n) is 3.33. The van der Waals surface area contributed by atoms with Crippen LogP contribution in [0.5, 0.6) is 11.5 Å². The first-order valence-corrected chi connectivity index (χ1v) is 8.48. The maximum atomic E-state index is 11.9. The van der Waals surface area contributed by atoms with Crippen LogP contribution in [0.3, 0.4) is 0 Å². The highest BCUT2D eigenvalue weighted by Crippen LogP contribution is 2.32. The summed E-state index contributed by atoms with van der Waals surface area (Å²) in [6, 6.07) is 4.81. The molecule has 1 aliphatic rings. The zero-order valence-electron chi connectivity index (χ0n) is 11.8. The van der Waals surface area contributed by atoms with E-state index in [1.54, 1.807) is 32.0 Å². The van der Waals surface area contributed by atoms with E-state index in [1.807, 2.05) is 0 Å². The van der Waals surface area contributed by atoms with Gasteiger partial charge in [-0.1, -0.05) is 6.07 Å². The molecule has 0 bridgehead atoms. The Hall–Kier alpha value is -1.27. The van der Waals surface area contributed by atoms with E-state index in [4.69, 9.17) is 15.2 Å². The Bertz CT molecular complexity index is 569. The van der Waals surface area contributed by atoms with E-state index >= 15 is 0 Å². The third-order valence-corrected chi connectivity index (χ3v) is 5.59. The number of sulfone groups is 1. The Labute approximate surface area is 120 Å². The fourth-order valence-corrected chi connectivity index (χ4v) is 3.03. The van der Waals surface area contributed by atoms with Crippen LogP contribution in [0, 0.1) is 0 Å². The SMILES string of the molecule is CC(C)S(=O)(=O)CC(N)c1ccc2c(c1)OCCCO2. The molecule has 6 heteroatoms. The van der Waals surface area contributed by atoms with Crippen molar-refractivity contribution in [1.29, 1.82) is 0 Å². The highest BCUT2D eigenvalue weighted by Gasteiger charge is 2.22. The van der Waals surface area contributed by atoms with Gasteiger partial charge in [0, 0.05) is 12.5 Å². The lowest BCUT2D eigenvalue weighted by molar-refractivity contribution is 0.297. The molecule has 1 aliphatic heterocycles. The highest BCUT2D eigenvalue weighted by atomic mass is 32.2. The van der Waals surface area contributed by atoms with Gasteiger partial charge < -0.3 is 15.2 Å². The van der Waals surface area contributed by atoms with Crippen LogP contribution in [0.4, 0.5) is 0 Å². The minimum atomic E-state index is -3.17. The van der Waals surface area contributed by atoms with Crippen LogP contribution in [0.1, 0.15) is 31.9 Å². The molecule has 20 heavy (non-hydrogen) atoms. The summed E-state index contributed by atoms with van der Waals surface area (Å²) in [7, 11) is -3.17. The van der Waals surface area contributed by atoms with Crippen molar-refractivity contribution in [1.82, 2.24) is 0 Å². The van der Waals surface area contributed by atoms with E-state index in [-0.39, 0.29) is 5.75 Å². The maximum absolute atomic E-state index is 11.9. The normalized spacial score (nSPS) is 16.8. The van der Waals surface area contributed by atoms with Crippen LogP contribution in [-0.2, 0) is 9.84 Å². The molecule has 0 radical (unpaired) electrons. The zero-order valence-corrected chi connectivity index (χ0v) is 12.7. The summed E-state index contributed by atoms with van der Waals surface area (Å²) in [6.07, 6.45) is 0.831. The Morgan fingerprint density at radius 1 is 1.20 bits per heavy atom. The van der Waals surface area contributed by atoms with Gasteiger partial charge in [0.25, 0.3) is 0 Å². The molecule has 0 aromatic heterocycles. The first-order chi connectivity index (χ1) is 9.40. The average Bonchev–Trinajstić information content (AvgIpc) is 2.62. The third kappa shape index (κ3) is 3.43. The number of hydrogen-bond acceptors (Lipinski definition) is 5. The molecule has 1 aromatic rings. The Balaban J connectivity index is 2.19. The maximum Gasteiger partial charge on any atom is 0.161 e. The molecule has 2 N–H and O–H groups in total. The van der Waals surface area contributed by atoms with Gasteiger partial charge in [-0.3, -0.25) is 0 Å². The molecule has 2 rings (SSSR count). The largest absolute Gasteiger partial charge is 0.490 e. The van der Waals surface area contributed by atoms with E-state index in [0.717, 1.165) is 12.0 Å². The summed E-state index contributed by atoms with van der Waals surface area (Å²) in [5.41, 5.74) is 6.76. The molecule has 0 spiro atoms. The molecular weight excluding hydrogens is 278 g/mol. The van der Waals surface area contributed by atoms with Crippen LogP contribution < -0.4 is 15.2 Å². The number of benzene rings is 1. The summed E-state index contributed by atoms with van der Waals surface area (Å²) >= 11 is 0. The monoisotopic (exact) mass is 299 g/mol. The summed E-state index contributed by atoms with van der Waals surface area (Å²) in [4.78, 5) is 0. The fraction of sp³-hybridized carbons (Fsp3) is 0.571. The topological polar surface area (TPSA) is 78.6 Å². The van der Waals surface area contributed by atoms with Crippen molar-refractivity contribution < 1.29 is 17.9 Å². The molecule has 0 fully saturated rings. The van der Waals surface area contributed by atoms with Crippen molar-refractivity contribution in [3.8, 4) is 11.5 Å². The summed E-state index contributed by atoms with van der Waals surface area (Å²) in [6.45, 7) is 4.54. The predicted molar refractivity (Wildman–Crippen MR) is 77.9 cm³/mol. The molecule has 1 atom stereocenters. The second kappa shape index (κ2) is 6.01. The van der Waals surface area contributed by atoms with Crippen LogP contribution >= 0.6 is 0 Å². The molecule has 112 valence electrons. The van der Waals surface area contributed by atoms with E-state index in [9.17, 15) is 8.42 Å². The summed E-state index contributed by atoms with van der Waals surface area (Å²) in [5, 5.41) is -0.422. The number of nitrogens with two attached hydrogens (primary N) is 1. The van der Waals surface area contributed by atoms with Crippen molar-refractivity contribution in [3.63, 3.8) is 0 Å². The lowest BCUT2D eigenvalue weighted by atomic mass is 10.1. The van der Waals surface area contributed by atoms with Crippen LogP contribution in [0.2, 0.25) is 0 Å². The molecule has 1 unspecified atom stereocenters. The molecule has 1 aromatic carbocycles. The van der Waals surface area contributed by atoms with Gasteiger partial charge in [0.15, 0.2) is 21.3 Å². The van der Waals surface area contributed by atoms with E-state index in [2.05, 4.69) is 0 Å². The fourth-order valence-electron chi connectivity index (χ4n) is 1.95. The van der Waals surface area contributed by atoms with Gasteiger partial charge in [-0.15, -0.1) is 0 Å². The molecule has 1 heterocycles. The van der Waals surface area contributed by atoms with Crippen LogP contribution in [0.15, 0.2) is 18.2 Å². The van der Waals surface area contributed by atoms with Gasteiger partial charge in [-0.05, 0) is 31.5 Å². The number of ether oxygens (including phenoxy) is 2.